The van der Waals surface area contributed by atoms with E-state index in [2.05, 4.69) is 4.98 Å². The van der Waals surface area contributed by atoms with E-state index >= 15 is 0 Å². The molecule has 1 atom stereocenters. The fourth-order valence-electron chi connectivity index (χ4n) is 2.46. The minimum Gasteiger partial charge on any atom is -0.389 e. The van der Waals surface area contributed by atoms with E-state index < -0.39 is 22.8 Å². The van der Waals surface area contributed by atoms with Crippen LogP contribution in [-0.2, 0) is 6.54 Å². The van der Waals surface area contributed by atoms with Gasteiger partial charge in [0.25, 0.3) is 11.8 Å². The van der Waals surface area contributed by atoms with Crippen molar-refractivity contribution in [2.45, 2.75) is 12.6 Å². The summed E-state index contributed by atoms with van der Waals surface area (Å²) in [6.07, 6.45) is 1.32. The van der Waals surface area contributed by atoms with E-state index in [-0.39, 0.29) is 18.9 Å². The second kappa shape index (κ2) is 5.61. The van der Waals surface area contributed by atoms with Gasteiger partial charge in [0.2, 0.25) is 6.33 Å². The van der Waals surface area contributed by atoms with Gasteiger partial charge in [0, 0.05) is 0 Å². The van der Waals surface area contributed by atoms with Crippen LogP contribution in [0.1, 0.15) is 20.7 Å². The molecule has 0 fully saturated rings. The maximum absolute atomic E-state index is 12.2. The van der Waals surface area contributed by atoms with Crippen LogP contribution in [0, 0.1) is 10.1 Å². The summed E-state index contributed by atoms with van der Waals surface area (Å²) in [4.78, 5) is 38.8. The van der Waals surface area contributed by atoms with E-state index in [0.29, 0.717) is 11.1 Å². The van der Waals surface area contributed by atoms with E-state index in [0.717, 1.165) is 4.90 Å². The summed E-state index contributed by atoms with van der Waals surface area (Å²) >= 11 is 0. The number of nitrogens with zero attached hydrogens (tertiary/aromatic N) is 4. The highest BCUT2D eigenvalue weighted by atomic mass is 16.6. The number of hydrogen-bond donors (Lipinski definition) is 1. The van der Waals surface area contributed by atoms with Gasteiger partial charge in [-0.2, -0.15) is 0 Å². The minimum absolute atomic E-state index is 0.0196. The lowest BCUT2D eigenvalue weighted by molar-refractivity contribution is -0.389. The van der Waals surface area contributed by atoms with Crippen molar-refractivity contribution in [1.29, 1.82) is 0 Å². The molecule has 2 aromatic rings. The summed E-state index contributed by atoms with van der Waals surface area (Å²) < 4.78 is 1.33. The van der Waals surface area contributed by atoms with Crippen LogP contribution in [0.15, 0.2) is 36.8 Å². The Morgan fingerprint density at radius 1 is 1.17 bits per heavy atom. The van der Waals surface area contributed by atoms with Gasteiger partial charge in [-0.25, -0.2) is 0 Å². The molecule has 2 heterocycles. The number of carbonyl (C=O) groups excluding carboxylic acids is 2. The zero-order valence-corrected chi connectivity index (χ0v) is 11.8. The first-order valence-electron chi connectivity index (χ1n) is 6.77. The number of rotatable bonds is 5. The highest BCUT2D eigenvalue weighted by molar-refractivity contribution is 6.21. The Balaban J connectivity index is 1.69. The number of aliphatic hydroxyl groups excluding tert-OH is 1. The average molecular weight is 316 g/mol. The maximum Gasteiger partial charge on any atom is 0.381 e. The van der Waals surface area contributed by atoms with Crippen molar-refractivity contribution in [3.8, 4) is 0 Å². The molecule has 1 aromatic heterocycles. The fraction of sp³-hybridized carbons (Fsp3) is 0.214. The third-order valence-electron chi connectivity index (χ3n) is 3.50. The highest BCUT2D eigenvalue weighted by Gasteiger charge is 2.36. The number of carbonyl (C=O) groups is 2. The van der Waals surface area contributed by atoms with Gasteiger partial charge < -0.3 is 19.8 Å². The van der Waals surface area contributed by atoms with Crippen molar-refractivity contribution in [3.05, 3.63) is 58.0 Å². The number of aromatic nitrogens is 2. The monoisotopic (exact) mass is 316 g/mol. The molecule has 1 aliphatic heterocycles. The van der Waals surface area contributed by atoms with Crippen molar-refractivity contribution in [2.75, 3.05) is 6.54 Å². The molecule has 9 heteroatoms. The Hall–Kier alpha value is -3.07. The largest absolute Gasteiger partial charge is 0.389 e. The lowest BCUT2D eigenvalue weighted by atomic mass is 10.1. The molecule has 1 N–H and O–H groups in total. The number of hydrogen-bond acceptors (Lipinski definition) is 6. The molecule has 9 nitrogen and oxygen atoms in total. The quantitative estimate of drug-likeness (QED) is 0.486. The Labute approximate surface area is 129 Å². The molecular formula is C14H12N4O5. The van der Waals surface area contributed by atoms with Crippen molar-refractivity contribution < 1.29 is 19.6 Å². The Morgan fingerprint density at radius 2 is 1.78 bits per heavy atom. The van der Waals surface area contributed by atoms with E-state index in [9.17, 15) is 24.8 Å². The van der Waals surface area contributed by atoms with E-state index in [1.54, 1.807) is 24.3 Å². The summed E-state index contributed by atoms with van der Waals surface area (Å²) in [6, 6.07) is 6.44. The first-order valence-corrected chi connectivity index (χ1v) is 6.77. The Bertz CT molecular complexity index is 765. The number of β-amino-alcohol motifs (C(OH)–C–C–N with tert-alkyl or cyclic N) is 1. The predicted molar refractivity (Wildman–Crippen MR) is 76.7 cm³/mol. The number of benzene rings is 1. The van der Waals surface area contributed by atoms with Crippen molar-refractivity contribution in [1.82, 2.24) is 14.5 Å². The van der Waals surface area contributed by atoms with E-state index in [1.807, 2.05) is 0 Å². The third kappa shape index (κ3) is 2.69. The molecule has 3 rings (SSSR count). The zero-order valence-electron chi connectivity index (χ0n) is 11.8. The molecule has 0 saturated carbocycles. The molecule has 0 spiro atoms. The molecule has 2 amide bonds. The molecule has 0 saturated heterocycles. The summed E-state index contributed by atoms with van der Waals surface area (Å²) in [7, 11) is 0. The van der Waals surface area contributed by atoms with Crippen molar-refractivity contribution in [2.24, 2.45) is 0 Å². The number of fused-ring (bicyclic) bond motifs is 1. The SMILES string of the molecule is O=C1c2ccccc2C(=O)N1C[C@H](O)Cn1cnc([N+](=O)[O-])c1. The van der Waals surface area contributed by atoms with Gasteiger partial charge in [-0.3, -0.25) is 14.5 Å². The number of imidazole rings is 1. The number of aliphatic hydroxyl groups is 1. The molecule has 0 radical (unpaired) electrons. The number of amides is 2. The summed E-state index contributed by atoms with van der Waals surface area (Å²) in [5.74, 6) is -1.25. The standard InChI is InChI=1S/C14H12N4O5/c19-9(5-16-7-12(15-8-16)18(22)23)6-17-13(20)10-3-1-2-4-11(10)14(17)21/h1-4,7-9,19H,5-6H2/t9-/m1/s1. The lowest BCUT2D eigenvalue weighted by Gasteiger charge is -2.18. The zero-order chi connectivity index (χ0) is 16.6. The second-order valence-corrected chi connectivity index (χ2v) is 5.11. The average Bonchev–Trinajstić information content (AvgIpc) is 3.07. The van der Waals surface area contributed by atoms with Crippen molar-refractivity contribution in [3.63, 3.8) is 0 Å². The Morgan fingerprint density at radius 3 is 2.30 bits per heavy atom. The molecule has 118 valence electrons. The highest BCUT2D eigenvalue weighted by Crippen LogP contribution is 2.22. The maximum atomic E-state index is 12.2. The molecule has 23 heavy (non-hydrogen) atoms. The summed E-state index contributed by atoms with van der Waals surface area (Å²) in [5.41, 5.74) is 0.617. The number of nitro groups is 1. The molecule has 1 aliphatic rings. The third-order valence-corrected chi connectivity index (χ3v) is 3.50. The van der Waals surface area contributed by atoms with Gasteiger partial charge in [-0.05, 0) is 22.0 Å². The predicted octanol–water partition coefficient (Wildman–Crippen LogP) is 0.448. The summed E-state index contributed by atoms with van der Waals surface area (Å²) in [6.45, 7) is -0.216. The van der Waals surface area contributed by atoms with Crippen LogP contribution in [0.5, 0.6) is 0 Å². The van der Waals surface area contributed by atoms with Crippen LogP contribution in [0.4, 0.5) is 5.82 Å². The van der Waals surface area contributed by atoms with E-state index in [1.165, 1.54) is 17.1 Å². The van der Waals surface area contributed by atoms with Crippen LogP contribution in [0.3, 0.4) is 0 Å². The number of imide groups is 1. The van der Waals surface area contributed by atoms with Crippen LogP contribution in [0.2, 0.25) is 0 Å². The normalized spacial score (nSPS) is 14.9. The van der Waals surface area contributed by atoms with Crippen LogP contribution in [-0.4, -0.2) is 48.9 Å². The molecule has 1 aromatic carbocycles. The summed E-state index contributed by atoms with van der Waals surface area (Å²) in [5, 5.41) is 20.6. The van der Waals surface area contributed by atoms with Crippen LogP contribution < -0.4 is 0 Å². The lowest BCUT2D eigenvalue weighted by Crippen LogP contribution is -2.38. The van der Waals surface area contributed by atoms with Crippen LogP contribution >= 0.6 is 0 Å². The molecule has 0 aliphatic carbocycles. The minimum atomic E-state index is -1.06. The second-order valence-electron chi connectivity index (χ2n) is 5.11. The molecular weight excluding hydrogens is 304 g/mol. The van der Waals surface area contributed by atoms with Crippen LogP contribution in [0.25, 0.3) is 0 Å². The smallest absolute Gasteiger partial charge is 0.381 e. The topological polar surface area (TPSA) is 119 Å². The first-order chi connectivity index (χ1) is 11.0. The first kappa shape index (κ1) is 14.9. The van der Waals surface area contributed by atoms with Crippen molar-refractivity contribution >= 4 is 17.6 Å². The van der Waals surface area contributed by atoms with E-state index in [4.69, 9.17) is 0 Å². The van der Waals surface area contributed by atoms with Gasteiger partial charge in [-0.1, -0.05) is 12.1 Å². The molecule has 0 unspecified atom stereocenters. The van der Waals surface area contributed by atoms with Gasteiger partial charge in [0.05, 0.1) is 30.3 Å². The Kier molecular flexibility index (Phi) is 3.62. The fourth-order valence-corrected chi connectivity index (χ4v) is 2.46. The van der Waals surface area contributed by atoms with Gasteiger partial charge in [0.1, 0.15) is 6.20 Å². The van der Waals surface area contributed by atoms with Gasteiger partial charge in [0.15, 0.2) is 0 Å². The van der Waals surface area contributed by atoms with Gasteiger partial charge in [-0.15, -0.1) is 0 Å². The molecule has 0 bridgehead atoms. The van der Waals surface area contributed by atoms with Gasteiger partial charge >= 0.3 is 5.82 Å².